The maximum absolute atomic E-state index is 3.65. The van der Waals surface area contributed by atoms with Crippen molar-refractivity contribution in [3.63, 3.8) is 0 Å². The first-order valence-corrected chi connectivity index (χ1v) is 7.97. The molecule has 0 aliphatic carbocycles. The van der Waals surface area contributed by atoms with Gasteiger partial charge in [0.25, 0.3) is 0 Å². The van der Waals surface area contributed by atoms with Crippen LogP contribution >= 0.6 is 11.3 Å². The van der Waals surface area contributed by atoms with E-state index in [1.54, 1.807) is 0 Å². The van der Waals surface area contributed by atoms with Crippen molar-refractivity contribution in [2.24, 2.45) is 0 Å². The van der Waals surface area contributed by atoms with Gasteiger partial charge in [-0.3, -0.25) is 0 Å². The molecule has 1 aromatic heterocycles. The van der Waals surface area contributed by atoms with Gasteiger partial charge in [-0.2, -0.15) is 0 Å². The van der Waals surface area contributed by atoms with E-state index in [1.165, 1.54) is 16.0 Å². The molecule has 0 amide bonds. The minimum absolute atomic E-state index is 0.334. The van der Waals surface area contributed by atoms with Gasteiger partial charge in [-0.15, -0.1) is 11.3 Å². The van der Waals surface area contributed by atoms with Crippen LogP contribution in [0.2, 0.25) is 0 Å². The van der Waals surface area contributed by atoms with Gasteiger partial charge in [-0.25, -0.2) is 0 Å². The topological polar surface area (TPSA) is 12.0 Å². The third-order valence-electron chi connectivity index (χ3n) is 3.36. The molecule has 2 aromatic rings. The molecule has 1 atom stereocenters. The van der Waals surface area contributed by atoms with Crippen molar-refractivity contribution >= 4 is 11.3 Å². The van der Waals surface area contributed by atoms with Gasteiger partial charge >= 0.3 is 0 Å². The fourth-order valence-electron chi connectivity index (χ4n) is 2.20. The molecular weight excluding hydrogens is 250 g/mol. The normalized spacial score (nSPS) is 12.8. The second-order valence-electron chi connectivity index (χ2n) is 5.22. The van der Waals surface area contributed by atoms with Gasteiger partial charge in [0.15, 0.2) is 0 Å². The number of thiophene rings is 1. The van der Waals surface area contributed by atoms with E-state index in [1.807, 2.05) is 11.3 Å². The third-order valence-corrected chi connectivity index (χ3v) is 4.30. The fraction of sp³-hybridized carbons (Fsp3) is 0.412. The monoisotopic (exact) mass is 273 g/mol. The Morgan fingerprint density at radius 2 is 1.74 bits per heavy atom. The van der Waals surface area contributed by atoms with Crippen LogP contribution in [-0.4, -0.2) is 6.54 Å². The molecule has 1 N–H and O–H groups in total. The molecule has 0 saturated carbocycles. The predicted octanol–water partition coefficient (Wildman–Crippen LogP) is 4.96. The fourth-order valence-corrected chi connectivity index (χ4v) is 3.03. The SMILES string of the molecule is CCCNC(c1ccc(C(C)C)cc1)c1cccs1. The highest BCUT2D eigenvalue weighted by Crippen LogP contribution is 2.27. The third kappa shape index (κ3) is 3.68. The molecule has 0 spiro atoms. The van der Waals surface area contributed by atoms with Gasteiger partial charge in [0.2, 0.25) is 0 Å². The highest BCUT2D eigenvalue weighted by atomic mass is 32.1. The largest absolute Gasteiger partial charge is 0.306 e. The van der Waals surface area contributed by atoms with Crippen LogP contribution in [0.1, 0.15) is 55.2 Å². The lowest BCUT2D eigenvalue weighted by molar-refractivity contribution is 0.605. The van der Waals surface area contributed by atoms with Gasteiger partial charge in [-0.05, 0) is 41.5 Å². The summed E-state index contributed by atoms with van der Waals surface area (Å²) in [6, 6.07) is 13.7. The van der Waals surface area contributed by atoms with E-state index >= 15 is 0 Å². The smallest absolute Gasteiger partial charge is 0.0671 e. The standard InChI is InChI=1S/C17H23NS/c1-4-11-18-17(16-6-5-12-19-16)15-9-7-14(8-10-15)13(2)3/h5-10,12-13,17-18H,4,11H2,1-3H3. The molecule has 1 aromatic carbocycles. The van der Waals surface area contributed by atoms with Gasteiger partial charge < -0.3 is 5.32 Å². The molecule has 0 aliphatic rings. The van der Waals surface area contributed by atoms with Gasteiger partial charge in [0.05, 0.1) is 6.04 Å². The Labute approximate surface area is 120 Å². The molecule has 2 heteroatoms. The molecule has 1 unspecified atom stereocenters. The molecule has 0 aliphatic heterocycles. The van der Waals surface area contributed by atoms with E-state index in [0.717, 1.165) is 13.0 Å². The number of nitrogens with one attached hydrogen (secondary N) is 1. The molecule has 1 heterocycles. The van der Waals surface area contributed by atoms with Crippen LogP contribution in [0, 0.1) is 0 Å². The maximum atomic E-state index is 3.65. The zero-order chi connectivity index (χ0) is 13.7. The number of hydrogen-bond acceptors (Lipinski definition) is 2. The first-order chi connectivity index (χ1) is 9.22. The molecular formula is C17H23NS. The average Bonchev–Trinajstić information content (AvgIpc) is 2.94. The van der Waals surface area contributed by atoms with Crippen LogP contribution in [0.15, 0.2) is 41.8 Å². The molecule has 0 bridgehead atoms. The van der Waals surface area contributed by atoms with E-state index in [4.69, 9.17) is 0 Å². The van der Waals surface area contributed by atoms with Gasteiger partial charge in [-0.1, -0.05) is 51.1 Å². The molecule has 102 valence electrons. The molecule has 0 fully saturated rings. The number of rotatable bonds is 6. The van der Waals surface area contributed by atoms with Gasteiger partial charge in [0.1, 0.15) is 0 Å². The summed E-state index contributed by atoms with van der Waals surface area (Å²) in [7, 11) is 0. The average molecular weight is 273 g/mol. The van der Waals surface area contributed by atoms with Crippen LogP contribution in [-0.2, 0) is 0 Å². The Bertz CT molecular complexity index is 470. The van der Waals surface area contributed by atoms with Crippen molar-refractivity contribution in [2.45, 2.75) is 39.2 Å². The van der Waals surface area contributed by atoms with Crippen LogP contribution in [0.4, 0.5) is 0 Å². The van der Waals surface area contributed by atoms with Crippen molar-refractivity contribution in [3.8, 4) is 0 Å². The lowest BCUT2D eigenvalue weighted by atomic mass is 9.98. The summed E-state index contributed by atoms with van der Waals surface area (Å²) in [5.41, 5.74) is 2.77. The summed E-state index contributed by atoms with van der Waals surface area (Å²) in [5.74, 6) is 0.595. The van der Waals surface area contributed by atoms with Crippen LogP contribution in [0.5, 0.6) is 0 Å². The summed E-state index contributed by atoms with van der Waals surface area (Å²) in [4.78, 5) is 1.39. The zero-order valence-electron chi connectivity index (χ0n) is 12.0. The molecule has 0 saturated heterocycles. The highest BCUT2D eigenvalue weighted by molar-refractivity contribution is 7.10. The minimum atomic E-state index is 0.334. The quantitative estimate of drug-likeness (QED) is 0.784. The lowest BCUT2D eigenvalue weighted by Gasteiger charge is -2.18. The highest BCUT2D eigenvalue weighted by Gasteiger charge is 2.14. The first kappa shape index (κ1) is 14.3. The van der Waals surface area contributed by atoms with Crippen LogP contribution < -0.4 is 5.32 Å². The Kier molecular flexibility index (Phi) is 5.17. The molecule has 19 heavy (non-hydrogen) atoms. The second kappa shape index (κ2) is 6.88. The van der Waals surface area contributed by atoms with Crippen LogP contribution in [0.3, 0.4) is 0 Å². The Morgan fingerprint density at radius 1 is 1.05 bits per heavy atom. The van der Waals surface area contributed by atoms with E-state index in [2.05, 4.69) is 67.9 Å². The van der Waals surface area contributed by atoms with Crippen molar-refractivity contribution in [3.05, 3.63) is 57.8 Å². The molecule has 1 nitrogen and oxygen atoms in total. The summed E-state index contributed by atoms with van der Waals surface area (Å²) >= 11 is 1.82. The number of hydrogen-bond donors (Lipinski definition) is 1. The van der Waals surface area contributed by atoms with E-state index in [9.17, 15) is 0 Å². The second-order valence-corrected chi connectivity index (χ2v) is 6.20. The molecule has 0 radical (unpaired) electrons. The lowest BCUT2D eigenvalue weighted by Crippen LogP contribution is -2.22. The minimum Gasteiger partial charge on any atom is -0.306 e. The Hall–Kier alpha value is -1.12. The van der Waals surface area contributed by atoms with Crippen molar-refractivity contribution < 1.29 is 0 Å². The van der Waals surface area contributed by atoms with Crippen molar-refractivity contribution in [2.75, 3.05) is 6.54 Å². The zero-order valence-corrected chi connectivity index (χ0v) is 12.8. The first-order valence-electron chi connectivity index (χ1n) is 7.09. The van der Waals surface area contributed by atoms with Gasteiger partial charge in [0, 0.05) is 4.88 Å². The summed E-state index contributed by atoms with van der Waals surface area (Å²) < 4.78 is 0. The number of benzene rings is 1. The Morgan fingerprint density at radius 3 is 2.26 bits per heavy atom. The molecule has 2 rings (SSSR count). The van der Waals surface area contributed by atoms with Crippen molar-refractivity contribution in [1.29, 1.82) is 0 Å². The van der Waals surface area contributed by atoms with E-state index in [-0.39, 0.29) is 0 Å². The van der Waals surface area contributed by atoms with E-state index in [0.29, 0.717) is 12.0 Å². The predicted molar refractivity (Wildman–Crippen MR) is 85.0 cm³/mol. The summed E-state index contributed by atoms with van der Waals surface area (Å²) in [6.07, 6.45) is 1.16. The van der Waals surface area contributed by atoms with Crippen LogP contribution in [0.25, 0.3) is 0 Å². The summed E-state index contributed by atoms with van der Waals surface area (Å²) in [6.45, 7) is 7.73. The summed E-state index contributed by atoms with van der Waals surface area (Å²) in [5, 5.41) is 5.80. The maximum Gasteiger partial charge on any atom is 0.0671 e. The van der Waals surface area contributed by atoms with E-state index < -0.39 is 0 Å². The Balaban J connectivity index is 2.22. The van der Waals surface area contributed by atoms with Crippen molar-refractivity contribution in [1.82, 2.24) is 5.32 Å².